The molecule has 2 atom stereocenters. The summed E-state index contributed by atoms with van der Waals surface area (Å²) in [7, 11) is 3.08. The highest BCUT2D eigenvalue weighted by Gasteiger charge is 2.25. The largest absolute Gasteiger partial charge is 0.495 e. The number of carbonyl (C=O) groups is 1. The predicted molar refractivity (Wildman–Crippen MR) is 83.4 cm³/mol. The molecule has 1 aliphatic heterocycles. The predicted octanol–water partition coefficient (Wildman–Crippen LogP) is 2.68. The molecule has 1 aromatic carbocycles. The van der Waals surface area contributed by atoms with E-state index in [2.05, 4.69) is 17.6 Å². The first kappa shape index (κ1) is 15.9. The van der Waals surface area contributed by atoms with Crippen LogP contribution in [0.4, 0.5) is 5.69 Å². The Kier molecular flexibility index (Phi) is 5.31. The van der Waals surface area contributed by atoms with Crippen molar-refractivity contribution in [3.8, 4) is 11.5 Å². The van der Waals surface area contributed by atoms with Crippen LogP contribution in [0, 0.1) is 5.92 Å². The van der Waals surface area contributed by atoms with Crippen LogP contribution < -0.4 is 20.1 Å². The monoisotopic (exact) mass is 312 g/mol. The van der Waals surface area contributed by atoms with Crippen molar-refractivity contribution < 1.29 is 14.3 Å². The topological polar surface area (TPSA) is 59.6 Å². The number of benzene rings is 1. The SMILES string of the molecule is COc1cc(OC)c(NC(=O)[C@H]2CCN[C@@H](C)C2)cc1Cl. The number of piperidine rings is 1. The molecular formula is C15H21ClN2O3. The number of hydrogen-bond acceptors (Lipinski definition) is 4. The number of halogens is 1. The molecule has 0 bridgehead atoms. The third-order valence-corrected chi connectivity index (χ3v) is 4.02. The molecule has 116 valence electrons. The summed E-state index contributed by atoms with van der Waals surface area (Å²) in [5.74, 6) is 1.06. The van der Waals surface area contributed by atoms with Crippen LogP contribution in [-0.4, -0.2) is 32.7 Å². The molecule has 21 heavy (non-hydrogen) atoms. The van der Waals surface area contributed by atoms with Gasteiger partial charge in [0.25, 0.3) is 0 Å². The second-order valence-corrected chi connectivity index (χ2v) is 5.66. The zero-order chi connectivity index (χ0) is 15.4. The van der Waals surface area contributed by atoms with Crippen molar-refractivity contribution in [3.63, 3.8) is 0 Å². The maximum Gasteiger partial charge on any atom is 0.227 e. The average Bonchev–Trinajstić information content (AvgIpc) is 2.47. The quantitative estimate of drug-likeness (QED) is 0.897. The molecule has 0 saturated carbocycles. The molecule has 2 rings (SSSR count). The number of methoxy groups -OCH3 is 2. The molecule has 1 aromatic rings. The number of rotatable bonds is 4. The Hall–Kier alpha value is -1.46. The van der Waals surface area contributed by atoms with E-state index in [-0.39, 0.29) is 11.8 Å². The van der Waals surface area contributed by atoms with E-state index in [4.69, 9.17) is 21.1 Å². The summed E-state index contributed by atoms with van der Waals surface area (Å²) in [6.45, 7) is 2.95. The second kappa shape index (κ2) is 7.00. The lowest BCUT2D eigenvalue weighted by Crippen LogP contribution is -2.40. The molecule has 0 radical (unpaired) electrons. The number of hydrogen-bond donors (Lipinski definition) is 2. The lowest BCUT2D eigenvalue weighted by molar-refractivity contribution is -0.120. The van der Waals surface area contributed by atoms with E-state index in [0.717, 1.165) is 19.4 Å². The van der Waals surface area contributed by atoms with Crippen molar-refractivity contribution in [3.05, 3.63) is 17.2 Å². The van der Waals surface area contributed by atoms with Crippen molar-refractivity contribution in [2.24, 2.45) is 5.92 Å². The fraction of sp³-hybridized carbons (Fsp3) is 0.533. The number of carbonyl (C=O) groups excluding carboxylic acids is 1. The summed E-state index contributed by atoms with van der Waals surface area (Å²) in [6, 6.07) is 3.68. The summed E-state index contributed by atoms with van der Waals surface area (Å²) in [5.41, 5.74) is 0.569. The third-order valence-electron chi connectivity index (χ3n) is 3.73. The van der Waals surface area contributed by atoms with Crippen molar-refractivity contribution in [1.82, 2.24) is 5.32 Å². The lowest BCUT2D eigenvalue weighted by atomic mass is 9.92. The van der Waals surface area contributed by atoms with E-state index in [9.17, 15) is 4.79 Å². The molecule has 1 aliphatic rings. The van der Waals surface area contributed by atoms with Gasteiger partial charge in [0.15, 0.2) is 0 Å². The van der Waals surface area contributed by atoms with Gasteiger partial charge in [-0.05, 0) is 32.4 Å². The Morgan fingerprint density at radius 3 is 2.67 bits per heavy atom. The van der Waals surface area contributed by atoms with Crippen LogP contribution in [0.5, 0.6) is 11.5 Å². The highest BCUT2D eigenvalue weighted by atomic mass is 35.5. The Labute approximate surface area is 130 Å². The molecule has 1 fully saturated rings. The number of ether oxygens (including phenoxy) is 2. The zero-order valence-corrected chi connectivity index (χ0v) is 13.3. The van der Waals surface area contributed by atoms with Gasteiger partial charge in [-0.3, -0.25) is 4.79 Å². The first-order valence-corrected chi connectivity index (χ1v) is 7.38. The normalized spacial score (nSPS) is 21.7. The molecule has 1 heterocycles. The smallest absolute Gasteiger partial charge is 0.227 e. The standard InChI is InChI=1S/C15H21ClN2O3/c1-9-6-10(4-5-17-9)15(19)18-12-7-11(16)13(20-2)8-14(12)21-3/h7-10,17H,4-6H2,1-3H3,(H,18,19)/t9-,10-/m0/s1. The van der Waals surface area contributed by atoms with Gasteiger partial charge in [-0.2, -0.15) is 0 Å². The molecule has 1 saturated heterocycles. The van der Waals surface area contributed by atoms with Gasteiger partial charge >= 0.3 is 0 Å². The molecule has 0 unspecified atom stereocenters. The molecule has 1 amide bonds. The van der Waals surface area contributed by atoms with Crippen molar-refractivity contribution in [2.75, 3.05) is 26.1 Å². The van der Waals surface area contributed by atoms with Crippen LogP contribution in [0.1, 0.15) is 19.8 Å². The van der Waals surface area contributed by atoms with Gasteiger partial charge in [-0.15, -0.1) is 0 Å². The van der Waals surface area contributed by atoms with E-state index < -0.39 is 0 Å². The molecule has 0 spiro atoms. The summed E-state index contributed by atoms with van der Waals surface area (Å²) in [4.78, 5) is 12.4. The van der Waals surface area contributed by atoms with Gasteiger partial charge in [0, 0.05) is 18.0 Å². The fourth-order valence-electron chi connectivity index (χ4n) is 2.56. The zero-order valence-electron chi connectivity index (χ0n) is 12.5. The first-order chi connectivity index (χ1) is 10.0. The minimum atomic E-state index is 0.00267. The van der Waals surface area contributed by atoms with Crippen LogP contribution >= 0.6 is 11.6 Å². The maximum absolute atomic E-state index is 12.4. The van der Waals surface area contributed by atoms with Gasteiger partial charge in [0.2, 0.25) is 5.91 Å². The minimum absolute atomic E-state index is 0.00267. The van der Waals surface area contributed by atoms with Crippen molar-refractivity contribution in [1.29, 1.82) is 0 Å². The molecule has 2 N–H and O–H groups in total. The van der Waals surface area contributed by atoms with E-state index in [1.165, 1.54) is 7.11 Å². The highest BCUT2D eigenvalue weighted by Crippen LogP contribution is 2.36. The van der Waals surface area contributed by atoms with Gasteiger partial charge in [-0.25, -0.2) is 0 Å². The fourth-order valence-corrected chi connectivity index (χ4v) is 2.80. The summed E-state index contributed by atoms with van der Waals surface area (Å²) >= 11 is 6.11. The summed E-state index contributed by atoms with van der Waals surface area (Å²) < 4.78 is 10.4. The molecule has 0 aromatic heterocycles. The van der Waals surface area contributed by atoms with E-state index in [1.807, 2.05) is 0 Å². The summed E-state index contributed by atoms with van der Waals surface area (Å²) in [6.07, 6.45) is 1.67. The van der Waals surface area contributed by atoms with Gasteiger partial charge < -0.3 is 20.1 Å². The Morgan fingerprint density at radius 1 is 1.33 bits per heavy atom. The molecular weight excluding hydrogens is 292 g/mol. The van der Waals surface area contributed by atoms with Crippen LogP contribution in [0.25, 0.3) is 0 Å². The third kappa shape index (κ3) is 3.80. The molecule has 0 aliphatic carbocycles. The lowest BCUT2D eigenvalue weighted by Gasteiger charge is -2.27. The molecule has 6 heteroatoms. The van der Waals surface area contributed by atoms with Gasteiger partial charge in [0.05, 0.1) is 24.9 Å². The first-order valence-electron chi connectivity index (χ1n) is 7.01. The Balaban J connectivity index is 2.14. The van der Waals surface area contributed by atoms with Gasteiger partial charge in [-0.1, -0.05) is 11.6 Å². The van der Waals surface area contributed by atoms with Gasteiger partial charge in [0.1, 0.15) is 11.5 Å². The van der Waals surface area contributed by atoms with Crippen molar-refractivity contribution >= 4 is 23.2 Å². The Bertz CT molecular complexity index is 522. The maximum atomic E-state index is 12.4. The van der Waals surface area contributed by atoms with Crippen molar-refractivity contribution in [2.45, 2.75) is 25.8 Å². The number of amides is 1. The Morgan fingerprint density at radius 2 is 2.05 bits per heavy atom. The van der Waals surface area contributed by atoms with E-state index in [0.29, 0.717) is 28.3 Å². The summed E-state index contributed by atoms with van der Waals surface area (Å²) in [5, 5.41) is 6.68. The van der Waals surface area contributed by atoms with Crippen LogP contribution in [-0.2, 0) is 4.79 Å². The van der Waals surface area contributed by atoms with Crippen LogP contribution in [0.15, 0.2) is 12.1 Å². The minimum Gasteiger partial charge on any atom is -0.495 e. The number of nitrogens with one attached hydrogen (secondary N) is 2. The number of anilines is 1. The average molecular weight is 313 g/mol. The highest BCUT2D eigenvalue weighted by molar-refractivity contribution is 6.32. The second-order valence-electron chi connectivity index (χ2n) is 5.25. The van der Waals surface area contributed by atoms with E-state index >= 15 is 0 Å². The van der Waals surface area contributed by atoms with Crippen LogP contribution in [0.3, 0.4) is 0 Å². The van der Waals surface area contributed by atoms with E-state index in [1.54, 1.807) is 19.2 Å². The van der Waals surface area contributed by atoms with Crippen LogP contribution in [0.2, 0.25) is 5.02 Å². The molecule has 5 nitrogen and oxygen atoms in total.